The van der Waals surface area contributed by atoms with Crippen molar-refractivity contribution < 1.29 is 24.2 Å². The standard InChI is InChI=1S/C31H30N4O5S/c1-3-10-33-30(37)25-7-6-21(27(35-25)31(38)39)22-15-26-24(28-18(8-11-40-26)9-12-41-28)14-23(22)29(36)34-20-5-4-19(16-32)17(2)13-20/h4-7,9,12-15H,3,8,10-11,16,32H2,1-2H3,(H,33,37)(H,34,36)(H,38,39). The molecule has 5 rings (SSSR count). The van der Waals surface area contributed by atoms with E-state index in [1.807, 2.05) is 37.4 Å². The molecule has 1 aliphatic heterocycles. The number of carbonyl (C=O) groups is 3. The first-order valence-electron chi connectivity index (χ1n) is 13.3. The second-order valence-corrected chi connectivity index (χ2v) is 10.6. The molecule has 5 N–H and O–H groups in total. The molecule has 2 amide bonds. The Hall–Kier alpha value is -4.54. The average molecular weight is 571 g/mol. The zero-order chi connectivity index (χ0) is 29.1. The highest BCUT2D eigenvalue weighted by molar-refractivity contribution is 7.13. The molecule has 0 aliphatic carbocycles. The Labute approximate surface area is 241 Å². The number of thiophene rings is 1. The quantitative estimate of drug-likeness (QED) is 0.226. The van der Waals surface area contributed by atoms with Crippen molar-refractivity contribution in [3.05, 3.63) is 87.6 Å². The first kappa shape index (κ1) is 28.0. The molecule has 0 spiro atoms. The highest BCUT2D eigenvalue weighted by Crippen LogP contribution is 2.43. The number of amides is 2. The molecule has 0 bridgehead atoms. The lowest BCUT2D eigenvalue weighted by Crippen LogP contribution is -2.25. The summed E-state index contributed by atoms with van der Waals surface area (Å²) in [6, 6.07) is 14.0. The Kier molecular flexibility index (Phi) is 8.14. The van der Waals surface area contributed by atoms with Crippen molar-refractivity contribution in [2.24, 2.45) is 5.73 Å². The van der Waals surface area contributed by atoms with Gasteiger partial charge in [-0.15, -0.1) is 11.3 Å². The van der Waals surface area contributed by atoms with Crippen LogP contribution in [0.25, 0.3) is 21.6 Å². The summed E-state index contributed by atoms with van der Waals surface area (Å²) in [5.41, 5.74) is 10.6. The SMILES string of the molecule is CCCNC(=O)c1ccc(-c2cc3c(cc2C(=O)Nc2ccc(CN)c(C)c2)-c2sccc2CCO3)c(C(=O)O)n1. The summed E-state index contributed by atoms with van der Waals surface area (Å²) < 4.78 is 6.08. The van der Waals surface area contributed by atoms with Crippen molar-refractivity contribution in [1.82, 2.24) is 10.3 Å². The number of rotatable bonds is 8. The van der Waals surface area contributed by atoms with Gasteiger partial charge in [0.15, 0.2) is 5.69 Å². The molecule has 0 unspecified atom stereocenters. The number of aromatic carboxylic acids is 1. The third-order valence-electron chi connectivity index (χ3n) is 6.96. The van der Waals surface area contributed by atoms with E-state index in [1.54, 1.807) is 29.5 Å². The second kappa shape index (κ2) is 11.9. The second-order valence-electron chi connectivity index (χ2n) is 9.72. The van der Waals surface area contributed by atoms with Crippen LogP contribution in [0.2, 0.25) is 0 Å². The van der Waals surface area contributed by atoms with Crippen molar-refractivity contribution in [2.75, 3.05) is 18.5 Å². The average Bonchev–Trinajstić information content (AvgIpc) is 3.36. The minimum Gasteiger partial charge on any atom is -0.493 e. The normalized spacial score (nSPS) is 12.0. The van der Waals surface area contributed by atoms with Gasteiger partial charge in [-0.2, -0.15) is 0 Å². The molecule has 0 atom stereocenters. The van der Waals surface area contributed by atoms with E-state index in [0.29, 0.717) is 43.1 Å². The lowest BCUT2D eigenvalue weighted by atomic mass is 9.93. The van der Waals surface area contributed by atoms with E-state index in [4.69, 9.17) is 10.5 Å². The van der Waals surface area contributed by atoms with Gasteiger partial charge in [-0.3, -0.25) is 9.59 Å². The molecule has 210 valence electrons. The van der Waals surface area contributed by atoms with Crippen LogP contribution in [0.4, 0.5) is 5.69 Å². The molecule has 9 nitrogen and oxygen atoms in total. The maximum Gasteiger partial charge on any atom is 0.355 e. The molecule has 2 aromatic heterocycles. The van der Waals surface area contributed by atoms with E-state index in [2.05, 4.69) is 15.6 Å². The number of hydrogen-bond acceptors (Lipinski definition) is 7. The van der Waals surface area contributed by atoms with E-state index < -0.39 is 17.8 Å². The molecule has 0 radical (unpaired) electrons. The Morgan fingerprint density at radius 2 is 1.88 bits per heavy atom. The summed E-state index contributed by atoms with van der Waals surface area (Å²) in [7, 11) is 0. The number of nitrogens with zero attached hydrogens (tertiary/aromatic N) is 1. The van der Waals surface area contributed by atoms with Crippen molar-refractivity contribution >= 4 is 34.8 Å². The number of nitrogens with two attached hydrogens (primary N) is 1. The molecule has 2 aromatic carbocycles. The van der Waals surface area contributed by atoms with Gasteiger partial charge in [-0.05, 0) is 77.9 Å². The van der Waals surface area contributed by atoms with Crippen molar-refractivity contribution in [1.29, 1.82) is 0 Å². The molecule has 3 heterocycles. The summed E-state index contributed by atoms with van der Waals surface area (Å²) >= 11 is 1.56. The topological polar surface area (TPSA) is 144 Å². The molecular formula is C31H30N4O5S. The predicted octanol–water partition coefficient (Wildman–Crippen LogP) is 5.27. The third-order valence-corrected chi connectivity index (χ3v) is 7.95. The zero-order valence-corrected chi connectivity index (χ0v) is 23.6. The summed E-state index contributed by atoms with van der Waals surface area (Å²) in [5, 5.41) is 17.8. The van der Waals surface area contributed by atoms with Gasteiger partial charge in [-0.1, -0.05) is 13.0 Å². The first-order valence-corrected chi connectivity index (χ1v) is 14.2. The fourth-order valence-electron chi connectivity index (χ4n) is 4.82. The maximum atomic E-state index is 13.9. The monoisotopic (exact) mass is 570 g/mol. The summed E-state index contributed by atoms with van der Waals surface area (Å²) in [4.78, 5) is 44.0. The van der Waals surface area contributed by atoms with Crippen molar-refractivity contribution in [3.8, 4) is 27.3 Å². The zero-order valence-electron chi connectivity index (χ0n) is 22.7. The largest absolute Gasteiger partial charge is 0.493 e. The predicted molar refractivity (Wildman–Crippen MR) is 159 cm³/mol. The summed E-state index contributed by atoms with van der Waals surface area (Å²) in [6.45, 7) is 5.10. The lowest BCUT2D eigenvalue weighted by Gasteiger charge is -2.17. The minimum atomic E-state index is -1.32. The van der Waals surface area contributed by atoms with E-state index >= 15 is 0 Å². The van der Waals surface area contributed by atoms with Crippen LogP contribution in [-0.2, 0) is 13.0 Å². The van der Waals surface area contributed by atoms with Gasteiger partial charge in [-0.25, -0.2) is 9.78 Å². The van der Waals surface area contributed by atoms with Gasteiger partial charge >= 0.3 is 5.97 Å². The van der Waals surface area contributed by atoms with Crippen LogP contribution in [0.3, 0.4) is 0 Å². The number of aryl methyl sites for hydroxylation is 1. The molecule has 0 fully saturated rings. The Balaban J connectivity index is 1.66. The molecule has 4 aromatic rings. The highest BCUT2D eigenvalue weighted by Gasteiger charge is 2.26. The van der Waals surface area contributed by atoms with E-state index in [-0.39, 0.29) is 22.5 Å². The summed E-state index contributed by atoms with van der Waals surface area (Å²) in [6.07, 6.45) is 1.43. The van der Waals surface area contributed by atoms with Crippen LogP contribution in [0, 0.1) is 6.92 Å². The minimum absolute atomic E-state index is 0.0182. The van der Waals surface area contributed by atoms with E-state index in [1.165, 1.54) is 12.1 Å². The molecule has 10 heteroatoms. The maximum absolute atomic E-state index is 13.9. The number of carbonyl (C=O) groups excluding carboxylic acids is 2. The molecule has 0 saturated heterocycles. The van der Waals surface area contributed by atoms with Gasteiger partial charge in [0.25, 0.3) is 11.8 Å². The van der Waals surface area contributed by atoms with Gasteiger partial charge in [0.05, 0.1) is 6.61 Å². The molecule has 1 aliphatic rings. The van der Waals surface area contributed by atoms with E-state index in [0.717, 1.165) is 33.6 Å². The fraction of sp³-hybridized carbons (Fsp3) is 0.226. The van der Waals surface area contributed by atoms with Crippen LogP contribution in [0.1, 0.15) is 61.4 Å². The number of pyridine rings is 1. The van der Waals surface area contributed by atoms with Crippen molar-refractivity contribution in [3.63, 3.8) is 0 Å². The Morgan fingerprint density at radius 1 is 1.05 bits per heavy atom. The van der Waals surface area contributed by atoms with Crippen LogP contribution >= 0.6 is 11.3 Å². The molecule has 41 heavy (non-hydrogen) atoms. The van der Waals surface area contributed by atoms with Gasteiger partial charge in [0.2, 0.25) is 0 Å². The van der Waals surface area contributed by atoms with Crippen LogP contribution in [0.5, 0.6) is 5.75 Å². The summed E-state index contributed by atoms with van der Waals surface area (Å²) in [5.74, 6) is -1.67. The van der Waals surface area contributed by atoms with Gasteiger partial charge in [0, 0.05) is 52.3 Å². The Morgan fingerprint density at radius 3 is 2.61 bits per heavy atom. The highest BCUT2D eigenvalue weighted by atomic mass is 32.1. The number of aromatic nitrogens is 1. The third kappa shape index (κ3) is 5.70. The van der Waals surface area contributed by atoms with Crippen LogP contribution in [-0.4, -0.2) is 41.0 Å². The fourth-order valence-corrected chi connectivity index (χ4v) is 5.80. The van der Waals surface area contributed by atoms with Gasteiger partial charge in [0.1, 0.15) is 11.4 Å². The number of ether oxygens (including phenoxy) is 1. The number of fused-ring (bicyclic) bond motifs is 3. The van der Waals surface area contributed by atoms with Gasteiger partial charge < -0.3 is 26.2 Å². The number of hydrogen-bond donors (Lipinski definition) is 4. The van der Waals surface area contributed by atoms with Crippen LogP contribution in [0.15, 0.2) is 53.9 Å². The van der Waals surface area contributed by atoms with Crippen molar-refractivity contribution in [2.45, 2.75) is 33.2 Å². The smallest absolute Gasteiger partial charge is 0.355 e. The number of carboxylic acid groups (broad SMARTS) is 1. The Bertz CT molecular complexity index is 1660. The number of benzene rings is 2. The number of nitrogens with one attached hydrogen (secondary N) is 2. The molecular weight excluding hydrogens is 540 g/mol. The number of carboxylic acids is 1. The lowest BCUT2D eigenvalue weighted by molar-refractivity contribution is 0.0691. The van der Waals surface area contributed by atoms with E-state index in [9.17, 15) is 19.5 Å². The molecule has 0 saturated carbocycles. The van der Waals surface area contributed by atoms with Crippen LogP contribution < -0.4 is 21.1 Å². The number of anilines is 1. The first-order chi connectivity index (χ1) is 19.8.